The van der Waals surface area contributed by atoms with Crippen LogP contribution < -0.4 is 19.8 Å². The number of benzene rings is 2. The minimum atomic E-state index is -3.96. The van der Waals surface area contributed by atoms with Crippen molar-refractivity contribution >= 4 is 50.8 Å². The summed E-state index contributed by atoms with van der Waals surface area (Å²) in [5.41, 5.74) is 4.33. The van der Waals surface area contributed by atoms with Crippen LogP contribution >= 0.6 is 11.6 Å². The van der Waals surface area contributed by atoms with Crippen LogP contribution in [0.15, 0.2) is 85.5 Å². The van der Waals surface area contributed by atoms with Crippen molar-refractivity contribution in [3.63, 3.8) is 0 Å². The molecule has 0 bridgehead atoms. The van der Waals surface area contributed by atoms with Crippen molar-refractivity contribution in [3.05, 3.63) is 102 Å². The van der Waals surface area contributed by atoms with Gasteiger partial charge < -0.3 is 9.80 Å². The molecule has 2 atom stereocenters. The van der Waals surface area contributed by atoms with E-state index in [1.807, 2.05) is 24.3 Å². The number of amides is 2. The summed E-state index contributed by atoms with van der Waals surface area (Å²) in [4.78, 5) is 40.1. The summed E-state index contributed by atoms with van der Waals surface area (Å²) in [5, 5.41) is 7.54. The van der Waals surface area contributed by atoms with Crippen LogP contribution in [-0.4, -0.2) is 108 Å². The molecule has 17 heteroatoms. The highest BCUT2D eigenvalue weighted by Crippen LogP contribution is 2.38. The summed E-state index contributed by atoms with van der Waals surface area (Å²) in [7, 11) is -3.96. The number of pyridine rings is 2. The van der Waals surface area contributed by atoms with Crippen molar-refractivity contribution in [2.45, 2.75) is 57.4 Å². The molecule has 4 aliphatic heterocycles. The first-order valence-electron chi connectivity index (χ1n) is 21.4. The van der Waals surface area contributed by atoms with Gasteiger partial charge in [0.05, 0.1) is 17.3 Å². The van der Waals surface area contributed by atoms with E-state index in [4.69, 9.17) is 21.7 Å². The summed E-state index contributed by atoms with van der Waals surface area (Å²) in [6.45, 7) is 8.77. The van der Waals surface area contributed by atoms with E-state index in [2.05, 4.69) is 48.8 Å². The lowest BCUT2D eigenvalue weighted by Crippen LogP contribution is -2.53. The minimum absolute atomic E-state index is 0.124. The van der Waals surface area contributed by atoms with Gasteiger partial charge in [0.2, 0.25) is 11.8 Å². The first kappa shape index (κ1) is 41.9. The number of carbonyl (C=O) groups is 2. The highest BCUT2D eigenvalue weighted by Gasteiger charge is 2.31. The maximum Gasteiger partial charge on any atom is 0.301 e. The van der Waals surface area contributed by atoms with Crippen LogP contribution in [0.2, 0.25) is 5.02 Å². The summed E-state index contributed by atoms with van der Waals surface area (Å²) in [6, 6.07) is 18.9. The third-order valence-electron chi connectivity index (χ3n) is 12.7. The Hall–Kier alpha value is -5.42. The molecular weight excluding hydrogens is 831 g/mol. The van der Waals surface area contributed by atoms with Gasteiger partial charge in [-0.05, 0) is 105 Å². The maximum atomic E-state index is 16.4. The van der Waals surface area contributed by atoms with Gasteiger partial charge in [-0.15, -0.1) is 0 Å². The van der Waals surface area contributed by atoms with E-state index in [9.17, 15) is 18.0 Å². The number of carbonyl (C=O) groups excluding carboxylic acids is 2. The van der Waals surface area contributed by atoms with Crippen LogP contribution in [0.25, 0.3) is 28.1 Å². The van der Waals surface area contributed by atoms with Crippen LogP contribution in [-0.2, 0) is 19.8 Å². The number of nitrogens with one attached hydrogen (secondary N) is 2. The molecule has 0 spiro atoms. The van der Waals surface area contributed by atoms with Crippen LogP contribution in [0.5, 0.6) is 0 Å². The smallest absolute Gasteiger partial charge is 0.301 e. The zero-order valence-corrected chi connectivity index (χ0v) is 36.2. The molecule has 2 amide bonds. The van der Waals surface area contributed by atoms with Gasteiger partial charge in [0.1, 0.15) is 11.5 Å². The normalized spacial score (nSPS) is 20.8. The van der Waals surface area contributed by atoms with Crippen molar-refractivity contribution in [2.24, 2.45) is 5.92 Å². The van der Waals surface area contributed by atoms with Gasteiger partial charge in [-0.2, -0.15) is 17.8 Å². The molecule has 0 aliphatic carbocycles. The predicted octanol–water partition coefficient (Wildman–Crippen LogP) is 6.49. The molecule has 0 saturated carbocycles. The van der Waals surface area contributed by atoms with E-state index >= 15 is 4.39 Å². The maximum absolute atomic E-state index is 16.4. The number of anilines is 3. The molecule has 2 N–H and O–H groups in total. The second-order valence-electron chi connectivity index (χ2n) is 16.8. The second kappa shape index (κ2) is 17.8. The Morgan fingerprint density at radius 1 is 0.871 bits per heavy atom. The van der Waals surface area contributed by atoms with Crippen molar-refractivity contribution < 1.29 is 22.4 Å². The van der Waals surface area contributed by atoms with Gasteiger partial charge in [0.15, 0.2) is 5.82 Å². The van der Waals surface area contributed by atoms with E-state index in [1.165, 1.54) is 16.4 Å². The zero-order valence-electron chi connectivity index (χ0n) is 34.6. The summed E-state index contributed by atoms with van der Waals surface area (Å²) >= 11 is 6.52. The molecule has 0 radical (unpaired) electrons. The van der Waals surface area contributed by atoms with E-state index in [0.29, 0.717) is 49.1 Å². The molecule has 5 aromatic rings. The Morgan fingerprint density at radius 3 is 2.31 bits per heavy atom. The van der Waals surface area contributed by atoms with Crippen molar-refractivity contribution in [1.29, 1.82) is 0 Å². The Bertz CT molecular complexity index is 2530. The minimum Gasteiger partial charge on any atom is -0.369 e. The molecule has 3 aromatic heterocycles. The highest BCUT2D eigenvalue weighted by atomic mass is 35.5. The summed E-state index contributed by atoms with van der Waals surface area (Å²) < 4.78 is 48.1. The first-order valence-corrected chi connectivity index (χ1v) is 23.2. The number of halogens is 2. The quantitative estimate of drug-likeness (QED) is 0.141. The van der Waals surface area contributed by atoms with Gasteiger partial charge in [-0.3, -0.25) is 29.5 Å². The zero-order chi connectivity index (χ0) is 43.0. The number of piperazine rings is 1. The van der Waals surface area contributed by atoms with E-state index in [0.717, 1.165) is 93.3 Å². The third-order valence-corrected chi connectivity index (χ3v) is 14.5. The number of rotatable bonds is 11. The van der Waals surface area contributed by atoms with Gasteiger partial charge in [-0.1, -0.05) is 17.7 Å². The molecule has 4 fully saturated rings. The number of imide groups is 1. The summed E-state index contributed by atoms with van der Waals surface area (Å²) in [6.07, 6.45) is 11.4. The highest BCUT2D eigenvalue weighted by molar-refractivity contribution is 7.90. The van der Waals surface area contributed by atoms with Gasteiger partial charge in [-0.25, -0.2) is 14.1 Å². The van der Waals surface area contributed by atoms with Crippen LogP contribution in [0, 0.1) is 11.7 Å². The average Bonchev–Trinajstić information content (AvgIpc) is 3.99. The number of aromatic nitrogens is 4. The van der Waals surface area contributed by atoms with E-state index in [-0.39, 0.29) is 34.0 Å². The lowest BCUT2D eigenvalue weighted by molar-refractivity contribution is -0.134. The molecule has 2 aromatic carbocycles. The standard InChI is InChI=1S/C45H50ClFN10O4S/c1-30-27-55(23-22-54(30)28-31-14-20-53(21-15-31)41-10-4-33(26-49-41)37-9-11-42(58)50-45(37)59)35-5-7-36(8-6-35)57-29-39(44(51-57)32-12-16-48-17-13-32)38-24-34(46)25-40(43(38)47)52-62(60,61)56-18-2-3-19-56/h4-8,10,12-13,16-17,24-26,29-31,37,52H,2-3,9,11,14-15,18-23,27-28H2,1H3,(H,50,58,59)/t30-,37?/m1/s1. The van der Waals surface area contributed by atoms with Gasteiger partial charge in [0, 0.05) is 117 Å². The van der Waals surface area contributed by atoms with Gasteiger partial charge in [0.25, 0.3) is 0 Å². The number of hydrogen-bond donors (Lipinski definition) is 2. The Kier molecular flexibility index (Phi) is 12.0. The first-order chi connectivity index (χ1) is 30.0. The van der Waals surface area contributed by atoms with E-state index < -0.39 is 16.0 Å². The lowest BCUT2D eigenvalue weighted by Gasteiger charge is -2.43. The van der Waals surface area contributed by atoms with Crippen LogP contribution in [0.4, 0.5) is 21.6 Å². The fraction of sp³-hybridized carbons (Fsp3) is 0.400. The fourth-order valence-corrected chi connectivity index (χ4v) is 10.7. The molecule has 7 heterocycles. The third kappa shape index (κ3) is 8.91. The molecule has 62 heavy (non-hydrogen) atoms. The molecule has 4 saturated heterocycles. The van der Waals surface area contributed by atoms with Crippen LogP contribution in [0.1, 0.15) is 56.9 Å². The average molecular weight is 881 g/mol. The molecular formula is C45H50ClFN10O4S. The SMILES string of the molecule is C[C@@H]1CN(c2ccc(-n3cc(-c4cc(Cl)cc(NS(=O)(=O)N5CCCC5)c4F)c(-c4ccncc4)n3)cc2)CCN1CC1CCN(c2ccc(C3CCC(=O)NC3=O)cn2)CC1. The monoisotopic (exact) mass is 880 g/mol. The predicted molar refractivity (Wildman–Crippen MR) is 238 cm³/mol. The topological polar surface area (TPSA) is 149 Å². The lowest BCUT2D eigenvalue weighted by atomic mass is 9.91. The molecule has 324 valence electrons. The molecule has 14 nitrogen and oxygen atoms in total. The Labute approximate surface area is 366 Å². The Morgan fingerprint density at radius 2 is 1.61 bits per heavy atom. The van der Waals surface area contributed by atoms with E-state index in [1.54, 1.807) is 41.6 Å². The molecule has 1 unspecified atom stereocenters. The van der Waals surface area contributed by atoms with Crippen molar-refractivity contribution in [1.82, 2.24) is 34.3 Å². The van der Waals surface area contributed by atoms with Crippen molar-refractivity contribution in [3.8, 4) is 28.1 Å². The van der Waals surface area contributed by atoms with Gasteiger partial charge >= 0.3 is 10.2 Å². The largest absolute Gasteiger partial charge is 0.369 e. The van der Waals surface area contributed by atoms with Crippen LogP contribution in [0.3, 0.4) is 0 Å². The second-order valence-corrected chi connectivity index (χ2v) is 18.9. The Balaban J connectivity index is 0.838. The summed E-state index contributed by atoms with van der Waals surface area (Å²) in [5.74, 6) is 0.0144. The number of piperidine rings is 2. The number of nitrogens with zero attached hydrogens (tertiary/aromatic N) is 8. The molecule has 4 aliphatic rings. The fourth-order valence-electron chi connectivity index (χ4n) is 9.21. The van der Waals surface area contributed by atoms with Crippen molar-refractivity contribution in [2.75, 3.05) is 66.9 Å². The molecule has 9 rings (SSSR count). The number of hydrogen-bond acceptors (Lipinski definition) is 10.